The van der Waals surface area contributed by atoms with Gasteiger partial charge in [0, 0.05) is 38.1 Å². The molecule has 0 aromatic carbocycles. The second-order valence-electron chi connectivity index (χ2n) is 7.86. The summed E-state index contributed by atoms with van der Waals surface area (Å²) in [5, 5.41) is -0.446. The number of carbonyl (C=O) groups excluding carboxylic acids is 1. The smallest absolute Gasteiger partial charge is 0.225 e. The number of sulfonamides is 1. The summed E-state index contributed by atoms with van der Waals surface area (Å²) in [7, 11) is -3.35. The number of hydrogen-bond acceptors (Lipinski definition) is 4. The Morgan fingerprint density at radius 3 is 2.32 bits per heavy atom. The standard InChI is InChI=1S/C17H31N3O3S.ClH/c1-13-11-20(10-8-16(13)18)24(22,23)15-7-4-9-19(12-15)17(21)14-5-2-3-6-14;/h13-16H,2-12,18H2,1H3;1H. The highest BCUT2D eigenvalue weighted by molar-refractivity contribution is 7.89. The molecule has 3 rings (SSSR count). The average Bonchev–Trinajstić information content (AvgIpc) is 3.11. The van der Waals surface area contributed by atoms with Crippen molar-refractivity contribution in [3.05, 3.63) is 0 Å². The molecule has 2 aliphatic heterocycles. The highest BCUT2D eigenvalue weighted by atomic mass is 35.5. The van der Waals surface area contributed by atoms with E-state index < -0.39 is 15.3 Å². The average molecular weight is 394 g/mol. The Morgan fingerprint density at radius 1 is 1.00 bits per heavy atom. The number of carbonyl (C=O) groups is 1. The van der Waals surface area contributed by atoms with Crippen LogP contribution in [0.15, 0.2) is 0 Å². The summed E-state index contributed by atoms with van der Waals surface area (Å²) >= 11 is 0. The molecule has 3 fully saturated rings. The summed E-state index contributed by atoms with van der Waals surface area (Å²) in [6, 6.07) is 0.0863. The summed E-state index contributed by atoms with van der Waals surface area (Å²) in [4.78, 5) is 14.5. The van der Waals surface area contributed by atoms with E-state index in [2.05, 4.69) is 0 Å². The van der Waals surface area contributed by atoms with Crippen LogP contribution in [0.1, 0.15) is 51.9 Å². The van der Waals surface area contributed by atoms with Gasteiger partial charge in [0.2, 0.25) is 15.9 Å². The highest BCUT2D eigenvalue weighted by Gasteiger charge is 2.40. The fraction of sp³-hybridized carbons (Fsp3) is 0.941. The number of nitrogens with two attached hydrogens (primary N) is 1. The molecule has 0 aromatic heterocycles. The van der Waals surface area contributed by atoms with E-state index in [-0.39, 0.29) is 36.2 Å². The number of nitrogens with zero attached hydrogens (tertiary/aromatic N) is 2. The van der Waals surface area contributed by atoms with Gasteiger partial charge >= 0.3 is 0 Å². The van der Waals surface area contributed by atoms with Gasteiger partial charge in [0.25, 0.3) is 0 Å². The number of piperidine rings is 2. The molecular weight excluding hydrogens is 362 g/mol. The van der Waals surface area contributed by atoms with E-state index in [1.165, 1.54) is 0 Å². The van der Waals surface area contributed by atoms with Crippen molar-refractivity contribution in [2.45, 2.75) is 63.2 Å². The van der Waals surface area contributed by atoms with Gasteiger partial charge in [-0.25, -0.2) is 12.7 Å². The molecule has 1 amide bonds. The van der Waals surface area contributed by atoms with Gasteiger partial charge in [-0.2, -0.15) is 0 Å². The van der Waals surface area contributed by atoms with Crippen LogP contribution in [0.2, 0.25) is 0 Å². The summed E-state index contributed by atoms with van der Waals surface area (Å²) in [5.74, 6) is 0.495. The van der Waals surface area contributed by atoms with E-state index in [1.807, 2.05) is 11.8 Å². The normalized spacial score (nSPS) is 32.4. The molecule has 2 saturated heterocycles. The van der Waals surface area contributed by atoms with E-state index in [0.717, 1.165) is 38.5 Å². The number of amides is 1. The summed E-state index contributed by atoms with van der Waals surface area (Å²) in [5.41, 5.74) is 6.02. The minimum atomic E-state index is -3.35. The van der Waals surface area contributed by atoms with Gasteiger partial charge in [0.15, 0.2) is 0 Å². The molecular formula is C17H32ClN3O3S. The second-order valence-corrected chi connectivity index (χ2v) is 10.1. The first-order chi connectivity index (χ1) is 11.4. The Bertz CT molecular complexity index is 565. The Kier molecular flexibility index (Phi) is 7.16. The third-order valence-corrected chi connectivity index (χ3v) is 8.39. The van der Waals surface area contributed by atoms with Crippen LogP contribution in [0, 0.1) is 11.8 Å². The monoisotopic (exact) mass is 393 g/mol. The summed E-state index contributed by atoms with van der Waals surface area (Å²) < 4.78 is 27.7. The molecule has 0 radical (unpaired) electrons. The fourth-order valence-corrected chi connectivity index (χ4v) is 6.44. The van der Waals surface area contributed by atoms with Crippen molar-refractivity contribution in [1.29, 1.82) is 0 Å². The topological polar surface area (TPSA) is 83.7 Å². The SMILES string of the molecule is CC1CN(S(=O)(=O)C2CCCN(C(=O)C3CCCC3)C2)CCC1N.Cl. The Hall–Kier alpha value is -0.370. The van der Waals surface area contributed by atoms with Crippen molar-refractivity contribution in [2.75, 3.05) is 26.2 Å². The van der Waals surface area contributed by atoms with Gasteiger partial charge in [0.05, 0.1) is 5.25 Å². The molecule has 3 atom stereocenters. The van der Waals surface area contributed by atoms with Crippen molar-refractivity contribution < 1.29 is 13.2 Å². The molecule has 6 nitrogen and oxygen atoms in total. The molecule has 2 N–H and O–H groups in total. The van der Waals surface area contributed by atoms with Crippen molar-refractivity contribution in [2.24, 2.45) is 17.6 Å². The van der Waals surface area contributed by atoms with Gasteiger partial charge < -0.3 is 10.6 Å². The third kappa shape index (κ3) is 4.49. The Morgan fingerprint density at radius 2 is 1.68 bits per heavy atom. The van der Waals surface area contributed by atoms with Crippen LogP contribution >= 0.6 is 12.4 Å². The third-order valence-electron chi connectivity index (χ3n) is 6.11. The van der Waals surface area contributed by atoms with Crippen LogP contribution in [0.25, 0.3) is 0 Å². The molecule has 2 heterocycles. The molecule has 25 heavy (non-hydrogen) atoms. The largest absolute Gasteiger partial charge is 0.341 e. The van der Waals surface area contributed by atoms with Crippen molar-refractivity contribution in [3.63, 3.8) is 0 Å². The summed E-state index contributed by atoms with van der Waals surface area (Å²) in [6.07, 6.45) is 6.34. The maximum absolute atomic E-state index is 13.0. The van der Waals surface area contributed by atoms with E-state index in [1.54, 1.807) is 4.31 Å². The zero-order valence-electron chi connectivity index (χ0n) is 15.1. The lowest BCUT2D eigenvalue weighted by Crippen LogP contribution is -2.54. The zero-order valence-corrected chi connectivity index (χ0v) is 16.7. The Labute approximate surface area is 157 Å². The van der Waals surface area contributed by atoms with Crippen LogP contribution in [0.5, 0.6) is 0 Å². The molecule has 146 valence electrons. The quantitative estimate of drug-likeness (QED) is 0.789. The fourth-order valence-electron chi connectivity index (χ4n) is 4.38. The molecule has 3 unspecified atom stereocenters. The van der Waals surface area contributed by atoms with Crippen LogP contribution in [0.4, 0.5) is 0 Å². The zero-order chi connectivity index (χ0) is 17.3. The minimum absolute atomic E-state index is 0. The minimum Gasteiger partial charge on any atom is -0.341 e. The molecule has 0 bridgehead atoms. The van der Waals surface area contributed by atoms with Crippen LogP contribution in [-0.4, -0.2) is 61.0 Å². The number of halogens is 1. The second kappa shape index (κ2) is 8.55. The van der Waals surface area contributed by atoms with E-state index >= 15 is 0 Å². The van der Waals surface area contributed by atoms with Gasteiger partial charge in [-0.15, -0.1) is 12.4 Å². The maximum atomic E-state index is 13.0. The van der Waals surface area contributed by atoms with E-state index in [0.29, 0.717) is 32.6 Å². The molecule has 1 saturated carbocycles. The lowest BCUT2D eigenvalue weighted by atomic mass is 9.96. The number of rotatable bonds is 3. The van der Waals surface area contributed by atoms with E-state index in [9.17, 15) is 13.2 Å². The van der Waals surface area contributed by atoms with Gasteiger partial charge in [-0.3, -0.25) is 4.79 Å². The first-order valence-corrected chi connectivity index (χ1v) is 10.9. The molecule has 3 aliphatic rings. The van der Waals surface area contributed by atoms with Crippen molar-refractivity contribution in [3.8, 4) is 0 Å². The van der Waals surface area contributed by atoms with Crippen molar-refractivity contribution >= 4 is 28.3 Å². The maximum Gasteiger partial charge on any atom is 0.225 e. The summed E-state index contributed by atoms with van der Waals surface area (Å²) in [6.45, 7) is 4.12. The molecule has 1 aliphatic carbocycles. The number of likely N-dealkylation sites (tertiary alicyclic amines) is 1. The van der Waals surface area contributed by atoms with Crippen LogP contribution in [0.3, 0.4) is 0 Å². The van der Waals surface area contributed by atoms with Gasteiger partial charge in [0.1, 0.15) is 0 Å². The first-order valence-electron chi connectivity index (χ1n) is 9.43. The predicted molar refractivity (Wildman–Crippen MR) is 101 cm³/mol. The van der Waals surface area contributed by atoms with Gasteiger partial charge in [-0.05, 0) is 38.0 Å². The molecule has 8 heteroatoms. The van der Waals surface area contributed by atoms with E-state index in [4.69, 9.17) is 5.73 Å². The predicted octanol–water partition coefficient (Wildman–Crippen LogP) is 1.59. The lowest BCUT2D eigenvalue weighted by molar-refractivity contribution is -0.136. The lowest BCUT2D eigenvalue weighted by Gasteiger charge is -2.39. The molecule has 0 aromatic rings. The van der Waals surface area contributed by atoms with Crippen molar-refractivity contribution in [1.82, 2.24) is 9.21 Å². The van der Waals surface area contributed by atoms with Crippen LogP contribution < -0.4 is 5.73 Å². The van der Waals surface area contributed by atoms with Gasteiger partial charge in [-0.1, -0.05) is 19.8 Å². The Balaban J connectivity index is 0.00000225. The molecule has 0 spiro atoms. The highest BCUT2D eigenvalue weighted by Crippen LogP contribution is 2.30. The van der Waals surface area contributed by atoms with Crippen LogP contribution in [-0.2, 0) is 14.8 Å². The first kappa shape index (κ1) is 20.9. The number of hydrogen-bond donors (Lipinski definition) is 1.